The second kappa shape index (κ2) is 11.7. The van der Waals surface area contributed by atoms with Crippen LogP contribution >= 0.6 is 9.24 Å². The van der Waals surface area contributed by atoms with Crippen molar-refractivity contribution in [1.82, 2.24) is 15.0 Å². The number of ether oxygens (including phenoxy) is 3. The third kappa shape index (κ3) is 5.65. The van der Waals surface area contributed by atoms with Gasteiger partial charge >= 0.3 is 0 Å². The van der Waals surface area contributed by atoms with Crippen LogP contribution in [0.1, 0.15) is 40.6 Å². The monoisotopic (exact) mass is 569 g/mol. The number of benzene rings is 1. The van der Waals surface area contributed by atoms with E-state index in [1.165, 1.54) is 0 Å². The summed E-state index contributed by atoms with van der Waals surface area (Å²) in [5, 5.41) is 38.5. The summed E-state index contributed by atoms with van der Waals surface area (Å²) in [6.07, 6.45) is -1.54. The van der Waals surface area contributed by atoms with E-state index in [4.69, 9.17) is 24.2 Å². The van der Waals surface area contributed by atoms with Crippen LogP contribution in [0.5, 0.6) is 17.4 Å². The number of hydrogen-bond acceptors (Lipinski definition) is 11. The Bertz CT molecular complexity index is 1390. The zero-order valence-corrected chi connectivity index (χ0v) is 24.2. The van der Waals surface area contributed by atoms with Gasteiger partial charge in [-0.1, -0.05) is 0 Å². The lowest BCUT2D eigenvalue weighted by Gasteiger charge is -2.24. The molecule has 11 nitrogen and oxygen atoms in total. The maximum absolute atomic E-state index is 10.7. The molecule has 6 atom stereocenters. The first-order chi connectivity index (χ1) is 19.2. The number of aliphatic hydroxyl groups is 3. The van der Waals surface area contributed by atoms with Crippen molar-refractivity contribution in [2.75, 3.05) is 31.5 Å². The Morgan fingerprint density at radius 3 is 2.52 bits per heavy atom. The minimum atomic E-state index is -1.06. The lowest BCUT2D eigenvalue weighted by molar-refractivity contribution is 0.00444. The molecule has 1 fully saturated rings. The lowest BCUT2D eigenvalue weighted by atomic mass is 10.0. The molecule has 3 heterocycles. The third-order valence-corrected chi connectivity index (χ3v) is 7.90. The van der Waals surface area contributed by atoms with E-state index in [9.17, 15) is 15.3 Å². The van der Waals surface area contributed by atoms with Gasteiger partial charge in [0.1, 0.15) is 29.5 Å². The number of aliphatic hydroxyl groups excluding tert-OH is 3. The van der Waals surface area contributed by atoms with Gasteiger partial charge in [-0.3, -0.25) is 0 Å². The van der Waals surface area contributed by atoms with E-state index >= 15 is 0 Å². The summed E-state index contributed by atoms with van der Waals surface area (Å²) >= 11 is 0. The average Bonchev–Trinajstić information content (AvgIpc) is 3.47. The first kappa shape index (κ1) is 28.3. The quantitative estimate of drug-likeness (QED) is 0.240. The fraction of sp³-hybridized carbons (Fsp3) is 0.464. The van der Waals surface area contributed by atoms with Crippen molar-refractivity contribution in [2.45, 2.75) is 57.6 Å². The number of nitrogens with one attached hydrogen (secondary N) is 2. The van der Waals surface area contributed by atoms with Crippen LogP contribution in [0.15, 0.2) is 24.3 Å². The Morgan fingerprint density at radius 2 is 1.82 bits per heavy atom. The van der Waals surface area contributed by atoms with Crippen LogP contribution in [-0.2, 0) is 13.0 Å². The molecule has 1 aliphatic carbocycles. The fourth-order valence-corrected chi connectivity index (χ4v) is 5.90. The largest absolute Gasteiger partial charge is 0.497 e. The van der Waals surface area contributed by atoms with Crippen LogP contribution in [0.25, 0.3) is 0 Å². The van der Waals surface area contributed by atoms with E-state index in [-0.39, 0.29) is 6.61 Å². The Labute approximate surface area is 235 Å². The second-order valence-electron chi connectivity index (χ2n) is 10.3. The Kier molecular flexibility index (Phi) is 8.28. The number of hydrogen-bond donors (Lipinski definition) is 5. The van der Waals surface area contributed by atoms with Crippen molar-refractivity contribution in [3.63, 3.8) is 0 Å². The molecule has 214 valence electrons. The number of aryl methyl sites for hydroxylation is 2. The minimum Gasteiger partial charge on any atom is -0.497 e. The van der Waals surface area contributed by atoms with E-state index in [2.05, 4.69) is 24.9 Å². The summed E-state index contributed by atoms with van der Waals surface area (Å²) in [7, 11) is 5.89. The van der Waals surface area contributed by atoms with Crippen LogP contribution in [-0.4, -0.2) is 69.3 Å². The van der Waals surface area contributed by atoms with E-state index < -0.39 is 30.3 Å². The molecule has 2 aromatic heterocycles. The van der Waals surface area contributed by atoms with Crippen LogP contribution in [0.3, 0.4) is 0 Å². The molecule has 0 saturated heterocycles. The molecule has 12 heteroatoms. The number of rotatable bonds is 9. The number of nitrogens with zero attached hydrogens (tertiary/aromatic N) is 3. The predicted molar refractivity (Wildman–Crippen MR) is 154 cm³/mol. The van der Waals surface area contributed by atoms with Gasteiger partial charge in [-0.05, 0) is 49.3 Å². The normalized spacial score (nSPS) is 23.4. The van der Waals surface area contributed by atoms with Gasteiger partial charge < -0.3 is 40.2 Å². The fourth-order valence-electron chi connectivity index (χ4n) is 5.52. The highest BCUT2D eigenvalue weighted by Gasteiger charge is 2.42. The summed E-state index contributed by atoms with van der Waals surface area (Å²) in [6, 6.07) is 7.26. The summed E-state index contributed by atoms with van der Waals surface area (Å²) in [4.78, 5) is 14.0. The molecule has 5 N–H and O–H groups in total. The van der Waals surface area contributed by atoms with Crippen molar-refractivity contribution in [3.8, 4) is 17.4 Å². The Balaban J connectivity index is 1.47. The highest BCUT2D eigenvalue weighted by atomic mass is 31.0. The molecule has 1 aliphatic heterocycles. The van der Waals surface area contributed by atoms with Crippen LogP contribution in [0.2, 0.25) is 0 Å². The molecule has 2 aliphatic rings. The molecule has 40 heavy (non-hydrogen) atoms. The van der Waals surface area contributed by atoms with Gasteiger partial charge in [0.25, 0.3) is 0 Å². The highest BCUT2D eigenvalue weighted by Crippen LogP contribution is 2.43. The van der Waals surface area contributed by atoms with Crippen molar-refractivity contribution in [2.24, 2.45) is 5.92 Å². The first-order valence-electron chi connectivity index (χ1n) is 13.2. The minimum absolute atomic E-state index is 0.216. The third-order valence-electron chi connectivity index (χ3n) is 7.56. The summed E-state index contributed by atoms with van der Waals surface area (Å²) < 4.78 is 17.1. The molecule has 0 spiro atoms. The number of aromatic nitrogens is 3. The Hall–Kier alpha value is -3.24. The molecule has 1 saturated carbocycles. The smallest absolute Gasteiger partial charge is 0.225 e. The van der Waals surface area contributed by atoms with E-state index in [1.807, 2.05) is 38.1 Å². The first-order valence-corrected chi connectivity index (χ1v) is 13.8. The molecule has 5 rings (SSSR count). The summed E-state index contributed by atoms with van der Waals surface area (Å²) in [5.74, 6) is 2.46. The van der Waals surface area contributed by atoms with E-state index in [1.54, 1.807) is 14.2 Å². The van der Waals surface area contributed by atoms with Gasteiger partial charge in [0.2, 0.25) is 11.8 Å². The van der Waals surface area contributed by atoms with Gasteiger partial charge in [-0.15, -0.1) is 9.24 Å². The zero-order chi connectivity index (χ0) is 28.6. The van der Waals surface area contributed by atoms with E-state index in [0.29, 0.717) is 48.5 Å². The average molecular weight is 570 g/mol. The predicted octanol–water partition coefficient (Wildman–Crippen LogP) is 1.81. The van der Waals surface area contributed by atoms with Crippen molar-refractivity contribution < 1.29 is 29.5 Å². The molecule has 2 unspecified atom stereocenters. The van der Waals surface area contributed by atoms with Gasteiger partial charge in [0.15, 0.2) is 0 Å². The van der Waals surface area contributed by atoms with Crippen LogP contribution in [0.4, 0.5) is 11.8 Å². The highest BCUT2D eigenvalue weighted by molar-refractivity contribution is 7.27. The number of methoxy groups -OCH3 is 2. The second-order valence-corrected chi connectivity index (χ2v) is 11.0. The number of anilines is 2. The molecular weight excluding hydrogens is 533 g/mol. The topological polar surface area (TPSA) is 151 Å². The van der Waals surface area contributed by atoms with Crippen LogP contribution < -0.4 is 30.1 Å². The molecule has 1 aromatic carbocycles. The molecular formula is C28H36N5O6P. The summed E-state index contributed by atoms with van der Waals surface area (Å²) in [6.45, 7) is 4.02. The maximum atomic E-state index is 10.7. The van der Waals surface area contributed by atoms with E-state index in [0.717, 1.165) is 33.4 Å². The SMILES string of the molecule is COc1cc(P)cc(CNc2nc(C)c(C3Cc4cc(OC)nc(C)c4O3)c(N[C@@H]3C[C@H](CO)[C@@H](O)[C@H]3O)n2)c1. The number of fused-ring (bicyclic) bond motifs is 1. The molecule has 0 radical (unpaired) electrons. The van der Waals surface area contributed by atoms with Crippen molar-refractivity contribution >= 4 is 26.3 Å². The number of pyridine rings is 1. The van der Waals surface area contributed by atoms with Crippen molar-refractivity contribution in [1.29, 1.82) is 0 Å². The van der Waals surface area contributed by atoms with Crippen LogP contribution in [0, 0.1) is 19.8 Å². The maximum Gasteiger partial charge on any atom is 0.225 e. The molecule has 3 aromatic rings. The lowest BCUT2D eigenvalue weighted by Crippen LogP contribution is -2.36. The van der Waals surface area contributed by atoms with Gasteiger partial charge in [-0.2, -0.15) is 4.98 Å². The van der Waals surface area contributed by atoms with Gasteiger partial charge in [-0.25, -0.2) is 9.97 Å². The zero-order valence-electron chi connectivity index (χ0n) is 23.0. The molecule has 0 bridgehead atoms. The Morgan fingerprint density at radius 1 is 1.02 bits per heavy atom. The van der Waals surface area contributed by atoms with Gasteiger partial charge in [0, 0.05) is 37.1 Å². The van der Waals surface area contributed by atoms with Crippen molar-refractivity contribution in [3.05, 3.63) is 52.3 Å². The van der Waals surface area contributed by atoms with Gasteiger partial charge in [0.05, 0.1) is 43.3 Å². The molecule has 0 amide bonds. The summed E-state index contributed by atoms with van der Waals surface area (Å²) in [5.41, 5.74) is 4.16. The standard InChI is InChI=1S/C28H36N5O6P/c1-13-23(21-8-16-9-22(38-4)30-14(2)26(16)39-21)27(32-20-7-17(12-34)24(35)25(20)36)33-28(31-13)29-11-15-5-18(37-3)10-19(40)6-15/h5-6,9-10,17,20-21,24-25,34-36H,7-8,11-12,40H2,1-4H3,(H2,29,31,32,33)/t17-,20-,21?,24-,25+/m1/s1.